The Balaban J connectivity index is 2.01. The molecular formula is C17H32N2O2. The topological polar surface area (TPSA) is 41.6 Å². The van der Waals surface area contributed by atoms with Crippen LogP contribution in [0.3, 0.4) is 0 Å². The summed E-state index contributed by atoms with van der Waals surface area (Å²) in [6, 6.07) is 0.811. The normalized spacial score (nSPS) is 29.9. The molecule has 4 nitrogen and oxygen atoms in total. The second-order valence-electron chi connectivity index (χ2n) is 7.15. The van der Waals surface area contributed by atoms with Gasteiger partial charge in [0.05, 0.1) is 7.11 Å². The van der Waals surface area contributed by atoms with Gasteiger partial charge in [-0.2, -0.15) is 0 Å². The van der Waals surface area contributed by atoms with Gasteiger partial charge in [-0.3, -0.25) is 10.1 Å². The minimum Gasteiger partial charge on any atom is -0.468 e. The molecule has 0 radical (unpaired) electrons. The van der Waals surface area contributed by atoms with E-state index in [1.165, 1.54) is 32.9 Å². The maximum absolute atomic E-state index is 12.3. The second-order valence-corrected chi connectivity index (χ2v) is 7.15. The summed E-state index contributed by atoms with van der Waals surface area (Å²) in [5.74, 6) is 0.800. The van der Waals surface area contributed by atoms with Gasteiger partial charge in [-0.05, 0) is 58.4 Å². The van der Waals surface area contributed by atoms with Gasteiger partial charge in [-0.15, -0.1) is 0 Å². The van der Waals surface area contributed by atoms with Gasteiger partial charge in [0.25, 0.3) is 0 Å². The molecule has 0 spiro atoms. The number of nitrogens with zero attached hydrogens (tertiary/aromatic N) is 1. The Hall–Kier alpha value is -0.610. The molecule has 0 aromatic rings. The van der Waals surface area contributed by atoms with Gasteiger partial charge >= 0.3 is 5.97 Å². The predicted molar refractivity (Wildman–Crippen MR) is 85.2 cm³/mol. The number of ether oxygens (including phenoxy) is 1. The smallest absolute Gasteiger partial charge is 0.326 e. The first-order chi connectivity index (χ1) is 10.0. The van der Waals surface area contributed by atoms with E-state index in [0.717, 1.165) is 31.7 Å². The van der Waals surface area contributed by atoms with Crippen molar-refractivity contribution in [1.82, 2.24) is 10.2 Å². The highest BCUT2D eigenvalue weighted by Crippen LogP contribution is 2.36. The third-order valence-corrected chi connectivity index (χ3v) is 5.27. The van der Waals surface area contributed by atoms with Crippen LogP contribution in [-0.4, -0.2) is 48.7 Å². The van der Waals surface area contributed by atoms with Crippen molar-refractivity contribution < 1.29 is 9.53 Å². The highest BCUT2D eigenvalue weighted by atomic mass is 16.5. The molecule has 0 heterocycles. The SMILES string of the molecule is CCN(CC1CCC1)C1CCC(NC(C)C)(C(=O)OC)C1. The van der Waals surface area contributed by atoms with Crippen LogP contribution < -0.4 is 5.32 Å². The predicted octanol–water partition coefficient (Wildman–Crippen LogP) is 2.57. The van der Waals surface area contributed by atoms with E-state index in [-0.39, 0.29) is 5.97 Å². The molecule has 0 aromatic heterocycles. The molecule has 2 unspecified atom stereocenters. The fourth-order valence-electron chi connectivity index (χ4n) is 4.00. The first-order valence-corrected chi connectivity index (χ1v) is 8.61. The van der Waals surface area contributed by atoms with Crippen LogP contribution in [0.5, 0.6) is 0 Å². The van der Waals surface area contributed by atoms with Crippen LogP contribution in [-0.2, 0) is 9.53 Å². The Morgan fingerprint density at radius 2 is 2.10 bits per heavy atom. The second kappa shape index (κ2) is 7.10. The van der Waals surface area contributed by atoms with Crippen LogP contribution in [0.15, 0.2) is 0 Å². The van der Waals surface area contributed by atoms with Gasteiger partial charge in [0.1, 0.15) is 5.54 Å². The number of methoxy groups -OCH3 is 1. The number of esters is 1. The summed E-state index contributed by atoms with van der Waals surface area (Å²) in [5.41, 5.74) is -0.472. The molecule has 0 aromatic carbocycles. The fraction of sp³-hybridized carbons (Fsp3) is 0.941. The quantitative estimate of drug-likeness (QED) is 0.733. The molecule has 2 aliphatic carbocycles. The van der Waals surface area contributed by atoms with Gasteiger partial charge in [-0.1, -0.05) is 13.3 Å². The Kier molecular flexibility index (Phi) is 5.67. The van der Waals surface area contributed by atoms with E-state index in [9.17, 15) is 4.79 Å². The third kappa shape index (κ3) is 3.78. The lowest BCUT2D eigenvalue weighted by Gasteiger charge is -2.36. The van der Waals surface area contributed by atoms with Gasteiger partial charge in [0.2, 0.25) is 0 Å². The van der Waals surface area contributed by atoms with Crippen molar-refractivity contribution in [2.24, 2.45) is 5.92 Å². The van der Waals surface area contributed by atoms with Gasteiger partial charge in [-0.25, -0.2) is 0 Å². The number of hydrogen-bond donors (Lipinski definition) is 1. The number of nitrogens with one attached hydrogen (secondary N) is 1. The van der Waals surface area contributed by atoms with Crippen molar-refractivity contribution in [3.63, 3.8) is 0 Å². The number of hydrogen-bond acceptors (Lipinski definition) is 4. The molecule has 2 fully saturated rings. The Morgan fingerprint density at radius 3 is 2.57 bits per heavy atom. The zero-order valence-corrected chi connectivity index (χ0v) is 14.2. The maximum Gasteiger partial charge on any atom is 0.326 e. The van der Waals surface area contributed by atoms with E-state index in [0.29, 0.717) is 12.1 Å². The molecule has 0 saturated heterocycles. The summed E-state index contributed by atoms with van der Waals surface area (Å²) in [7, 11) is 1.51. The van der Waals surface area contributed by atoms with E-state index in [2.05, 4.69) is 31.0 Å². The summed E-state index contributed by atoms with van der Waals surface area (Å²) in [5, 5.41) is 3.49. The number of carbonyl (C=O) groups excluding carboxylic acids is 1. The molecule has 21 heavy (non-hydrogen) atoms. The summed E-state index contributed by atoms with van der Waals surface area (Å²) in [6.07, 6.45) is 7.04. The van der Waals surface area contributed by atoms with Crippen LogP contribution in [0.1, 0.15) is 59.3 Å². The monoisotopic (exact) mass is 296 g/mol. The number of rotatable bonds is 7. The van der Waals surface area contributed by atoms with E-state index < -0.39 is 5.54 Å². The average Bonchev–Trinajstić information content (AvgIpc) is 2.81. The van der Waals surface area contributed by atoms with Crippen molar-refractivity contribution in [3.05, 3.63) is 0 Å². The molecule has 0 aliphatic heterocycles. The summed E-state index contributed by atoms with van der Waals surface area (Å²) < 4.78 is 5.09. The minimum absolute atomic E-state index is 0.0848. The van der Waals surface area contributed by atoms with Gasteiger partial charge in [0, 0.05) is 18.6 Å². The maximum atomic E-state index is 12.3. The van der Waals surface area contributed by atoms with Crippen LogP contribution in [0.25, 0.3) is 0 Å². The lowest BCUT2D eigenvalue weighted by Crippen LogP contribution is -2.54. The van der Waals surface area contributed by atoms with Crippen molar-refractivity contribution in [3.8, 4) is 0 Å². The molecular weight excluding hydrogens is 264 g/mol. The van der Waals surface area contributed by atoms with Crippen molar-refractivity contribution in [1.29, 1.82) is 0 Å². The third-order valence-electron chi connectivity index (χ3n) is 5.27. The Morgan fingerprint density at radius 1 is 1.38 bits per heavy atom. The molecule has 4 heteroatoms. The van der Waals surface area contributed by atoms with Crippen molar-refractivity contribution >= 4 is 5.97 Å². The molecule has 0 bridgehead atoms. The summed E-state index contributed by atoms with van der Waals surface area (Å²) >= 11 is 0. The zero-order valence-electron chi connectivity index (χ0n) is 14.2. The standard InChI is InChI=1S/C17H32N2O2/c1-5-19(12-14-7-6-8-14)15-9-10-17(11-15,16(20)21-4)18-13(2)3/h13-15,18H,5-12H2,1-4H3. The largest absolute Gasteiger partial charge is 0.468 e. The fourth-order valence-corrected chi connectivity index (χ4v) is 4.00. The van der Waals surface area contributed by atoms with Crippen molar-refractivity contribution in [2.75, 3.05) is 20.2 Å². The van der Waals surface area contributed by atoms with E-state index in [1.807, 2.05) is 0 Å². The molecule has 2 atom stereocenters. The first kappa shape index (κ1) is 16.8. The Bertz CT molecular complexity index is 355. The van der Waals surface area contributed by atoms with Gasteiger partial charge < -0.3 is 9.64 Å². The van der Waals surface area contributed by atoms with E-state index >= 15 is 0 Å². The number of carbonyl (C=O) groups is 1. The lowest BCUT2D eigenvalue weighted by molar-refractivity contribution is -0.149. The summed E-state index contributed by atoms with van der Waals surface area (Å²) in [6.45, 7) is 8.74. The average molecular weight is 296 g/mol. The van der Waals surface area contributed by atoms with Crippen LogP contribution >= 0.6 is 0 Å². The highest BCUT2D eigenvalue weighted by Gasteiger charge is 2.48. The van der Waals surface area contributed by atoms with Crippen LogP contribution in [0.4, 0.5) is 0 Å². The molecule has 2 aliphatic rings. The van der Waals surface area contributed by atoms with E-state index in [1.54, 1.807) is 0 Å². The van der Waals surface area contributed by atoms with Crippen LogP contribution in [0.2, 0.25) is 0 Å². The highest BCUT2D eigenvalue weighted by molar-refractivity contribution is 5.81. The minimum atomic E-state index is -0.472. The first-order valence-electron chi connectivity index (χ1n) is 8.61. The van der Waals surface area contributed by atoms with Gasteiger partial charge in [0.15, 0.2) is 0 Å². The lowest BCUT2D eigenvalue weighted by atomic mass is 9.84. The van der Waals surface area contributed by atoms with Crippen LogP contribution in [0, 0.1) is 5.92 Å². The Labute approximate surface area is 129 Å². The molecule has 122 valence electrons. The zero-order chi connectivity index (χ0) is 15.5. The molecule has 2 rings (SSSR count). The summed E-state index contributed by atoms with van der Waals surface area (Å²) in [4.78, 5) is 14.9. The van der Waals surface area contributed by atoms with E-state index in [4.69, 9.17) is 4.74 Å². The molecule has 1 N–H and O–H groups in total. The van der Waals surface area contributed by atoms with Crippen molar-refractivity contribution in [2.45, 2.75) is 76.9 Å². The molecule has 0 amide bonds. The molecule has 2 saturated carbocycles.